The van der Waals surface area contributed by atoms with Crippen molar-refractivity contribution < 1.29 is 4.74 Å². The van der Waals surface area contributed by atoms with Crippen LogP contribution >= 0.6 is 0 Å². The molecule has 0 amide bonds. The highest BCUT2D eigenvalue weighted by Gasteiger charge is 2.25. The van der Waals surface area contributed by atoms with Gasteiger partial charge in [-0.2, -0.15) is 4.98 Å². The second-order valence-corrected chi connectivity index (χ2v) is 8.06. The number of methoxy groups -OCH3 is 1. The molecule has 5 rings (SSSR count). The molecule has 0 spiro atoms. The second kappa shape index (κ2) is 6.90. The van der Waals surface area contributed by atoms with E-state index in [4.69, 9.17) is 9.72 Å². The number of hydrogen-bond donors (Lipinski definition) is 0. The van der Waals surface area contributed by atoms with E-state index in [2.05, 4.69) is 4.57 Å². The van der Waals surface area contributed by atoms with Gasteiger partial charge in [-0.25, -0.2) is 4.79 Å². The van der Waals surface area contributed by atoms with Crippen LogP contribution in [0.3, 0.4) is 0 Å². The van der Waals surface area contributed by atoms with Crippen molar-refractivity contribution in [3.63, 3.8) is 0 Å². The fourth-order valence-electron chi connectivity index (χ4n) is 4.66. The summed E-state index contributed by atoms with van der Waals surface area (Å²) >= 11 is 0. The highest BCUT2D eigenvalue weighted by Crippen LogP contribution is 2.36. The van der Waals surface area contributed by atoms with Crippen LogP contribution in [0.1, 0.15) is 38.1 Å². The summed E-state index contributed by atoms with van der Waals surface area (Å²) in [6, 6.07) is 8.26. The van der Waals surface area contributed by atoms with Crippen molar-refractivity contribution in [2.24, 2.45) is 14.1 Å². The summed E-state index contributed by atoms with van der Waals surface area (Å²) in [5.41, 5.74) is 2.21. The minimum atomic E-state index is -0.368. The number of hydrogen-bond acceptors (Lipinski definition) is 4. The Morgan fingerprint density at radius 1 is 1.00 bits per heavy atom. The van der Waals surface area contributed by atoms with Crippen molar-refractivity contribution in [1.82, 2.24) is 23.1 Å². The maximum absolute atomic E-state index is 13.0. The van der Waals surface area contributed by atoms with Gasteiger partial charge in [0.05, 0.1) is 12.8 Å². The molecule has 1 fully saturated rings. The van der Waals surface area contributed by atoms with Crippen LogP contribution in [-0.4, -0.2) is 30.2 Å². The molecule has 0 aliphatic heterocycles. The van der Waals surface area contributed by atoms with Crippen LogP contribution in [0.4, 0.5) is 0 Å². The number of imidazole rings is 2. The molecule has 0 saturated heterocycles. The molecule has 8 nitrogen and oxygen atoms in total. The van der Waals surface area contributed by atoms with Crippen molar-refractivity contribution in [3.8, 4) is 17.0 Å². The van der Waals surface area contributed by atoms with Crippen molar-refractivity contribution in [2.45, 2.75) is 38.1 Å². The predicted molar refractivity (Wildman–Crippen MR) is 115 cm³/mol. The highest BCUT2D eigenvalue weighted by atomic mass is 16.5. The largest absolute Gasteiger partial charge is 0.497 e. The minimum Gasteiger partial charge on any atom is -0.497 e. The standard InChI is InChI=1S/C22H25N5O3/c1-24-19-18(20(28)25(2)22(24)29)26-13-17(14-9-11-16(30-3)12-10-14)27(21(26)23-19)15-7-5-4-6-8-15/h9-13,15H,4-8H2,1-3H3. The summed E-state index contributed by atoms with van der Waals surface area (Å²) in [6.07, 6.45) is 7.74. The Labute approximate surface area is 173 Å². The predicted octanol–water partition coefficient (Wildman–Crippen LogP) is 2.87. The Balaban J connectivity index is 1.85. The SMILES string of the molecule is COc1ccc(-c2cn3c4c(=O)n(C)c(=O)n(C)c4nc3n2C2CCCCC2)cc1. The van der Waals surface area contributed by atoms with Crippen molar-refractivity contribution in [1.29, 1.82) is 0 Å². The molecule has 0 radical (unpaired) electrons. The molecule has 1 aliphatic carbocycles. The Kier molecular flexibility index (Phi) is 4.30. The lowest BCUT2D eigenvalue weighted by Crippen LogP contribution is -2.37. The van der Waals surface area contributed by atoms with Crippen molar-refractivity contribution in [3.05, 3.63) is 51.3 Å². The van der Waals surface area contributed by atoms with E-state index in [9.17, 15) is 9.59 Å². The average molecular weight is 407 g/mol. The first-order valence-electron chi connectivity index (χ1n) is 10.3. The quantitative estimate of drug-likeness (QED) is 0.523. The Hall–Kier alpha value is -3.29. The highest BCUT2D eigenvalue weighted by molar-refractivity contribution is 5.78. The maximum atomic E-state index is 13.0. The molecule has 4 aromatic rings. The van der Waals surface area contributed by atoms with E-state index in [0.717, 1.165) is 34.4 Å². The van der Waals surface area contributed by atoms with Crippen LogP contribution in [-0.2, 0) is 14.1 Å². The van der Waals surface area contributed by atoms with Gasteiger partial charge in [0.1, 0.15) is 5.75 Å². The molecule has 3 heterocycles. The Morgan fingerprint density at radius 2 is 1.70 bits per heavy atom. The monoisotopic (exact) mass is 407 g/mol. The number of benzene rings is 1. The number of ether oxygens (including phenoxy) is 1. The third-order valence-electron chi connectivity index (χ3n) is 6.32. The number of nitrogens with zero attached hydrogens (tertiary/aromatic N) is 5. The van der Waals surface area contributed by atoms with Crippen LogP contribution in [0, 0.1) is 0 Å². The molecule has 0 N–H and O–H groups in total. The van der Waals surface area contributed by atoms with Gasteiger partial charge in [-0.15, -0.1) is 0 Å². The van der Waals surface area contributed by atoms with E-state index in [-0.39, 0.29) is 11.2 Å². The minimum absolute atomic E-state index is 0.311. The van der Waals surface area contributed by atoms with Gasteiger partial charge in [0.15, 0.2) is 11.2 Å². The molecule has 8 heteroatoms. The first-order chi connectivity index (χ1) is 14.5. The molecule has 156 valence electrons. The van der Waals surface area contributed by atoms with E-state index in [0.29, 0.717) is 23.0 Å². The molecule has 1 aliphatic rings. The summed E-state index contributed by atoms with van der Waals surface area (Å²) in [5.74, 6) is 1.51. The van der Waals surface area contributed by atoms with Gasteiger partial charge < -0.3 is 9.30 Å². The fraction of sp³-hybridized carbons (Fsp3) is 0.409. The molecule has 1 aromatic carbocycles. The van der Waals surface area contributed by atoms with Gasteiger partial charge in [0.2, 0.25) is 5.78 Å². The lowest BCUT2D eigenvalue weighted by molar-refractivity contribution is 0.361. The summed E-state index contributed by atoms with van der Waals surface area (Å²) in [5, 5.41) is 0. The van der Waals surface area contributed by atoms with Crippen LogP contribution in [0.15, 0.2) is 40.1 Å². The third-order valence-corrected chi connectivity index (χ3v) is 6.32. The van der Waals surface area contributed by atoms with Crippen LogP contribution < -0.4 is 16.0 Å². The summed E-state index contributed by atoms with van der Waals surface area (Å²) in [6.45, 7) is 0. The Morgan fingerprint density at radius 3 is 2.37 bits per heavy atom. The zero-order chi connectivity index (χ0) is 21.0. The zero-order valence-electron chi connectivity index (χ0n) is 17.5. The van der Waals surface area contributed by atoms with Crippen LogP contribution in [0.25, 0.3) is 28.2 Å². The molecule has 3 aromatic heterocycles. The molecular weight excluding hydrogens is 382 g/mol. The number of aryl methyl sites for hydroxylation is 1. The summed E-state index contributed by atoms with van der Waals surface area (Å²) < 4.78 is 12.0. The second-order valence-electron chi connectivity index (χ2n) is 8.06. The molecule has 0 atom stereocenters. The van der Waals surface area contributed by atoms with E-state index in [1.54, 1.807) is 14.2 Å². The third kappa shape index (κ3) is 2.63. The molecular formula is C22H25N5O3. The summed E-state index contributed by atoms with van der Waals surface area (Å²) in [7, 11) is 4.82. The number of rotatable bonds is 3. The number of aromatic nitrogens is 5. The van der Waals surface area contributed by atoms with Gasteiger partial charge >= 0.3 is 5.69 Å². The van der Waals surface area contributed by atoms with Crippen molar-refractivity contribution in [2.75, 3.05) is 7.11 Å². The average Bonchev–Trinajstić information content (AvgIpc) is 3.33. The molecule has 0 unspecified atom stereocenters. The smallest absolute Gasteiger partial charge is 0.332 e. The maximum Gasteiger partial charge on any atom is 0.332 e. The topological polar surface area (TPSA) is 75.5 Å². The summed E-state index contributed by atoms with van der Waals surface area (Å²) in [4.78, 5) is 30.1. The molecule has 30 heavy (non-hydrogen) atoms. The van der Waals surface area contributed by atoms with Gasteiger partial charge in [-0.1, -0.05) is 19.3 Å². The lowest BCUT2D eigenvalue weighted by atomic mass is 9.95. The first kappa shape index (κ1) is 18.7. The van der Waals surface area contributed by atoms with E-state index in [1.165, 1.54) is 30.9 Å². The van der Waals surface area contributed by atoms with Gasteiger partial charge in [0, 0.05) is 31.9 Å². The molecule has 1 saturated carbocycles. The zero-order valence-corrected chi connectivity index (χ0v) is 17.5. The molecule has 0 bridgehead atoms. The van der Waals surface area contributed by atoms with E-state index < -0.39 is 0 Å². The van der Waals surface area contributed by atoms with Crippen LogP contribution in [0.5, 0.6) is 5.75 Å². The lowest BCUT2D eigenvalue weighted by Gasteiger charge is -2.25. The van der Waals surface area contributed by atoms with Crippen molar-refractivity contribution >= 4 is 16.9 Å². The van der Waals surface area contributed by atoms with Gasteiger partial charge in [0.25, 0.3) is 5.56 Å². The Bertz CT molecular complexity index is 1360. The van der Waals surface area contributed by atoms with E-state index in [1.807, 2.05) is 34.9 Å². The fourth-order valence-corrected chi connectivity index (χ4v) is 4.66. The number of fused-ring (bicyclic) bond motifs is 3. The first-order valence-corrected chi connectivity index (χ1v) is 10.3. The normalized spacial score (nSPS) is 15.3. The van der Waals surface area contributed by atoms with Crippen LogP contribution in [0.2, 0.25) is 0 Å². The van der Waals surface area contributed by atoms with Gasteiger partial charge in [-0.05, 0) is 37.1 Å². The van der Waals surface area contributed by atoms with E-state index >= 15 is 0 Å². The van der Waals surface area contributed by atoms with Gasteiger partial charge in [-0.3, -0.25) is 18.3 Å².